The second-order valence-electron chi connectivity index (χ2n) is 6.20. The molecule has 1 aromatic rings. The largest absolute Gasteiger partial charge is 0.377 e. The van der Waals surface area contributed by atoms with E-state index in [1.807, 2.05) is 12.4 Å². The van der Waals surface area contributed by atoms with E-state index in [9.17, 15) is 0 Å². The minimum atomic E-state index is 0.322. The maximum absolute atomic E-state index is 5.62. The number of ether oxygens (including phenoxy) is 1. The van der Waals surface area contributed by atoms with Gasteiger partial charge < -0.3 is 9.64 Å². The van der Waals surface area contributed by atoms with Crippen LogP contribution in [0.3, 0.4) is 0 Å². The van der Waals surface area contributed by atoms with Gasteiger partial charge in [0.25, 0.3) is 0 Å². The van der Waals surface area contributed by atoms with Gasteiger partial charge in [0.1, 0.15) is 5.82 Å². The van der Waals surface area contributed by atoms with Crippen LogP contribution in [0.4, 0.5) is 5.69 Å². The molecule has 0 aliphatic carbocycles. The number of anilines is 1. The Bertz CT molecular complexity index is 411. The Morgan fingerprint density at radius 2 is 1.67 bits per heavy atom. The van der Waals surface area contributed by atoms with Crippen molar-refractivity contribution < 1.29 is 4.74 Å². The fourth-order valence-electron chi connectivity index (χ4n) is 2.44. The monoisotopic (exact) mass is 292 g/mol. The molecule has 1 aromatic heterocycles. The average molecular weight is 292 g/mol. The number of nitrogens with zero attached hydrogens (tertiary/aromatic N) is 4. The molecule has 5 nitrogen and oxygen atoms in total. The third kappa shape index (κ3) is 4.93. The number of hydrogen-bond acceptors (Lipinski definition) is 5. The summed E-state index contributed by atoms with van der Waals surface area (Å²) in [6, 6.07) is 0. The van der Waals surface area contributed by atoms with Gasteiger partial charge in [0.2, 0.25) is 0 Å². The summed E-state index contributed by atoms with van der Waals surface area (Å²) < 4.78 is 5.62. The second-order valence-corrected chi connectivity index (χ2v) is 6.20. The zero-order valence-corrected chi connectivity index (χ0v) is 13.7. The molecule has 2 heterocycles. The van der Waals surface area contributed by atoms with E-state index in [1.165, 1.54) is 0 Å². The van der Waals surface area contributed by atoms with Crippen LogP contribution >= 0.6 is 0 Å². The van der Waals surface area contributed by atoms with Crippen LogP contribution in [0.2, 0.25) is 0 Å². The molecule has 0 amide bonds. The molecule has 0 saturated carbocycles. The van der Waals surface area contributed by atoms with Crippen molar-refractivity contribution in [2.75, 3.05) is 44.2 Å². The van der Waals surface area contributed by atoms with Crippen LogP contribution in [0.15, 0.2) is 12.4 Å². The van der Waals surface area contributed by atoms with E-state index in [2.05, 4.69) is 47.5 Å². The smallest absolute Gasteiger partial charge is 0.130 e. The molecule has 0 atom stereocenters. The first kappa shape index (κ1) is 16.2. The van der Waals surface area contributed by atoms with Crippen molar-refractivity contribution in [1.29, 1.82) is 0 Å². The Hall–Kier alpha value is -1.20. The first-order valence-corrected chi connectivity index (χ1v) is 7.97. The van der Waals surface area contributed by atoms with Gasteiger partial charge in [0.15, 0.2) is 0 Å². The molecule has 0 unspecified atom stereocenters. The van der Waals surface area contributed by atoms with Gasteiger partial charge in [-0.15, -0.1) is 0 Å². The summed E-state index contributed by atoms with van der Waals surface area (Å²) in [5.74, 6) is 1.31. The lowest BCUT2D eigenvalue weighted by Crippen LogP contribution is -2.47. The summed E-state index contributed by atoms with van der Waals surface area (Å²) in [6.07, 6.45) is 4.24. The lowest BCUT2D eigenvalue weighted by Gasteiger charge is -2.35. The van der Waals surface area contributed by atoms with Gasteiger partial charge in [0.05, 0.1) is 30.8 Å². The maximum atomic E-state index is 5.62. The van der Waals surface area contributed by atoms with E-state index in [0.29, 0.717) is 12.0 Å². The average Bonchev–Trinajstić information content (AvgIpc) is 2.48. The molecule has 1 saturated heterocycles. The van der Waals surface area contributed by atoms with Crippen LogP contribution in [0.1, 0.15) is 39.4 Å². The van der Waals surface area contributed by atoms with Crippen molar-refractivity contribution in [3.8, 4) is 0 Å². The summed E-state index contributed by atoms with van der Waals surface area (Å²) in [6.45, 7) is 14.5. The van der Waals surface area contributed by atoms with Crippen molar-refractivity contribution in [3.05, 3.63) is 18.2 Å². The van der Waals surface area contributed by atoms with Gasteiger partial charge >= 0.3 is 0 Å². The van der Waals surface area contributed by atoms with Crippen LogP contribution in [0.25, 0.3) is 0 Å². The summed E-state index contributed by atoms with van der Waals surface area (Å²) in [4.78, 5) is 13.7. The Morgan fingerprint density at radius 1 is 1.05 bits per heavy atom. The predicted molar refractivity (Wildman–Crippen MR) is 85.9 cm³/mol. The molecule has 5 heteroatoms. The zero-order valence-electron chi connectivity index (χ0n) is 13.7. The molecule has 1 aliphatic heterocycles. The SMILES string of the molecule is CC(C)OCCN1CCN(c2cnc(C(C)C)nc2)CC1. The first-order chi connectivity index (χ1) is 10.1. The van der Waals surface area contributed by atoms with Gasteiger partial charge in [0, 0.05) is 38.6 Å². The normalized spacial score (nSPS) is 17.0. The van der Waals surface area contributed by atoms with Gasteiger partial charge in [-0.1, -0.05) is 13.8 Å². The van der Waals surface area contributed by atoms with Gasteiger partial charge in [-0.25, -0.2) is 9.97 Å². The molecule has 0 bridgehead atoms. The summed E-state index contributed by atoms with van der Waals surface area (Å²) in [5, 5.41) is 0. The molecular formula is C16H28N4O. The lowest BCUT2D eigenvalue weighted by atomic mass is 10.2. The summed E-state index contributed by atoms with van der Waals surface area (Å²) in [7, 11) is 0. The van der Waals surface area contributed by atoms with E-state index in [4.69, 9.17) is 4.74 Å². The molecule has 1 aliphatic rings. The Morgan fingerprint density at radius 3 is 2.19 bits per heavy atom. The summed E-state index contributed by atoms with van der Waals surface area (Å²) >= 11 is 0. The lowest BCUT2D eigenvalue weighted by molar-refractivity contribution is 0.0579. The quantitative estimate of drug-likeness (QED) is 0.803. The molecule has 118 valence electrons. The number of piperazine rings is 1. The van der Waals surface area contributed by atoms with Crippen molar-refractivity contribution in [2.45, 2.75) is 39.7 Å². The predicted octanol–water partition coefficient (Wildman–Crippen LogP) is 2.15. The highest BCUT2D eigenvalue weighted by atomic mass is 16.5. The molecular weight excluding hydrogens is 264 g/mol. The fraction of sp³-hybridized carbons (Fsp3) is 0.750. The van der Waals surface area contributed by atoms with Crippen LogP contribution in [0.5, 0.6) is 0 Å². The van der Waals surface area contributed by atoms with E-state index < -0.39 is 0 Å². The third-order valence-electron chi connectivity index (χ3n) is 3.77. The van der Waals surface area contributed by atoms with Crippen LogP contribution < -0.4 is 4.90 Å². The molecule has 0 spiro atoms. The second kappa shape index (κ2) is 7.71. The standard InChI is InChI=1S/C16H28N4O/c1-13(2)16-17-11-15(12-18-16)20-7-5-19(6-8-20)9-10-21-14(3)4/h11-14H,5-10H2,1-4H3. The topological polar surface area (TPSA) is 41.5 Å². The highest BCUT2D eigenvalue weighted by Crippen LogP contribution is 2.16. The van der Waals surface area contributed by atoms with Crippen LogP contribution in [0, 0.1) is 0 Å². The Kier molecular flexibility index (Phi) is 5.94. The molecule has 0 radical (unpaired) electrons. The molecule has 2 rings (SSSR count). The minimum Gasteiger partial charge on any atom is -0.377 e. The summed E-state index contributed by atoms with van der Waals surface area (Å²) in [5.41, 5.74) is 1.14. The molecule has 0 aromatic carbocycles. The van der Waals surface area contributed by atoms with Gasteiger partial charge in [-0.3, -0.25) is 4.90 Å². The van der Waals surface area contributed by atoms with Crippen molar-refractivity contribution in [2.24, 2.45) is 0 Å². The van der Waals surface area contributed by atoms with E-state index >= 15 is 0 Å². The van der Waals surface area contributed by atoms with Gasteiger partial charge in [-0.2, -0.15) is 0 Å². The highest BCUT2D eigenvalue weighted by Gasteiger charge is 2.17. The van der Waals surface area contributed by atoms with E-state index in [0.717, 1.165) is 50.8 Å². The zero-order chi connectivity index (χ0) is 15.2. The maximum Gasteiger partial charge on any atom is 0.130 e. The molecule has 1 fully saturated rings. The Labute approximate surface area is 128 Å². The van der Waals surface area contributed by atoms with Crippen LogP contribution in [-0.2, 0) is 4.74 Å². The number of rotatable bonds is 6. The van der Waals surface area contributed by atoms with Gasteiger partial charge in [-0.05, 0) is 13.8 Å². The number of aromatic nitrogens is 2. The Balaban J connectivity index is 1.78. The van der Waals surface area contributed by atoms with E-state index in [1.54, 1.807) is 0 Å². The van der Waals surface area contributed by atoms with Crippen molar-refractivity contribution in [3.63, 3.8) is 0 Å². The number of hydrogen-bond donors (Lipinski definition) is 0. The molecule has 0 N–H and O–H groups in total. The van der Waals surface area contributed by atoms with Crippen LogP contribution in [-0.4, -0.2) is 60.3 Å². The fourth-order valence-corrected chi connectivity index (χ4v) is 2.44. The van der Waals surface area contributed by atoms with E-state index in [-0.39, 0.29) is 0 Å². The highest BCUT2D eigenvalue weighted by molar-refractivity contribution is 5.42. The van der Waals surface area contributed by atoms with Crippen molar-refractivity contribution >= 4 is 5.69 Å². The first-order valence-electron chi connectivity index (χ1n) is 7.97. The minimum absolute atomic E-state index is 0.322. The molecule has 21 heavy (non-hydrogen) atoms. The van der Waals surface area contributed by atoms with Crippen molar-refractivity contribution in [1.82, 2.24) is 14.9 Å². The third-order valence-corrected chi connectivity index (χ3v) is 3.77.